The Labute approximate surface area is 569 Å². The van der Waals surface area contributed by atoms with E-state index in [0.29, 0.717) is 29.9 Å². The van der Waals surface area contributed by atoms with E-state index in [1.54, 1.807) is 109 Å². The topological polar surface area (TPSA) is 218 Å². The predicted octanol–water partition coefficient (Wildman–Crippen LogP) is 12.4. The lowest BCUT2D eigenvalue weighted by atomic mass is 9.84. The summed E-state index contributed by atoms with van der Waals surface area (Å²) in [5.74, 6) is -6.12. The number of aliphatic hydroxyl groups excluding tert-OH is 1. The molecule has 0 spiro atoms. The fourth-order valence-electron chi connectivity index (χ4n) is 12.9. The van der Waals surface area contributed by atoms with Crippen LogP contribution in [0, 0.1) is 35.5 Å². The van der Waals surface area contributed by atoms with Gasteiger partial charge in [0.2, 0.25) is 0 Å². The Morgan fingerprint density at radius 2 is 0.711 bits per heavy atom. The van der Waals surface area contributed by atoms with Crippen molar-refractivity contribution in [3.63, 3.8) is 0 Å². The summed E-state index contributed by atoms with van der Waals surface area (Å²) in [4.78, 5) is 56.4. The van der Waals surface area contributed by atoms with Crippen molar-refractivity contribution in [1.29, 1.82) is 0 Å². The molecule has 0 radical (unpaired) electrons. The monoisotopic (exact) mass is 1330 g/mol. The van der Waals surface area contributed by atoms with Crippen LogP contribution in [0.3, 0.4) is 0 Å². The molecule has 4 aliphatic heterocycles. The van der Waals surface area contributed by atoms with Crippen molar-refractivity contribution >= 4 is 23.9 Å². The molecule has 14 unspecified atom stereocenters. The lowest BCUT2D eigenvalue weighted by Gasteiger charge is -2.51. The fraction of sp³-hybridized carbons (Fsp3) is 0.487. The van der Waals surface area contributed by atoms with Gasteiger partial charge in [-0.1, -0.05) is 201 Å². The largest absolute Gasteiger partial charge is 0.459 e. The first-order valence-corrected chi connectivity index (χ1v) is 34.2. The number of hydrogen-bond acceptors (Lipinski definition) is 19. The molecule has 4 aliphatic rings. The molecule has 0 bridgehead atoms. The van der Waals surface area contributed by atoms with Crippen molar-refractivity contribution in [2.45, 2.75) is 174 Å². The highest BCUT2D eigenvalue weighted by Crippen LogP contribution is 2.43. The first-order chi connectivity index (χ1) is 47.1. The molecular weight excluding hydrogens is 1240 g/mol. The molecule has 19 heteroatoms. The van der Waals surface area contributed by atoms with Crippen LogP contribution in [0.15, 0.2) is 182 Å². The number of rotatable bonds is 30. The molecule has 10 rings (SSSR count). The summed E-state index contributed by atoms with van der Waals surface area (Å²) in [6.45, 7) is 14.0. The van der Waals surface area contributed by atoms with Gasteiger partial charge >= 0.3 is 23.9 Å². The van der Waals surface area contributed by atoms with Crippen molar-refractivity contribution in [2.24, 2.45) is 35.5 Å². The smallest absolute Gasteiger partial charge is 0.338 e. The maximum atomic E-state index is 14.7. The van der Waals surface area contributed by atoms with Crippen molar-refractivity contribution in [2.75, 3.05) is 33.0 Å². The van der Waals surface area contributed by atoms with Gasteiger partial charge < -0.3 is 71.4 Å². The Balaban J connectivity index is 1.01. The summed E-state index contributed by atoms with van der Waals surface area (Å²) < 4.78 is 94.4. The van der Waals surface area contributed by atoms with Gasteiger partial charge in [0, 0.05) is 42.1 Å². The van der Waals surface area contributed by atoms with E-state index in [-0.39, 0.29) is 38.6 Å². The molecule has 20 atom stereocenters. The van der Waals surface area contributed by atoms with E-state index < -0.39 is 146 Å². The molecule has 4 saturated heterocycles. The number of ether oxygens (including phenoxy) is 14. The minimum atomic E-state index is -1.43. The molecule has 0 saturated carbocycles. The Hall–Kier alpha value is -7.24. The molecular formula is C78H94O19. The third-order valence-electron chi connectivity index (χ3n) is 19.0. The maximum Gasteiger partial charge on any atom is 0.338 e. The summed E-state index contributed by atoms with van der Waals surface area (Å²) in [6.07, 6.45) is -10.9. The molecule has 4 fully saturated rings. The van der Waals surface area contributed by atoms with Gasteiger partial charge in [-0.05, 0) is 66.1 Å². The van der Waals surface area contributed by atoms with Crippen LogP contribution in [0.4, 0.5) is 0 Å². The van der Waals surface area contributed by atoms with Crippen LogP contribution < -0.4 is 0 Å². The van der Waals surface area contributed by atoms with E-state index in [4.69, 9.17) is 66.3 Å². The van der Waals surface area contributed by atoms with E-state index >= 15 is 0 Å². The molecule has 0 amide bonds. The van der Waals surface area contributed by atoms with Gasteiger partial charge in [-0.3, -0.25) is 0 Å². The highest BCUT2D eigenvalue weighted by Gasteiger charge is 2.56. The van der Waals surface area contributed by atoms with Gasteiger partial charge in [0.25, 0.3) is 0 Å². The minimum absolute atomic E-state index is 0.0272. The zero-order valence-corrected chi connectivity index (χ0v) is 56.4. The normalized spacial score (nSPS) is 30.4. The molecule has 4 heterocycles. The second kappa shape index (κ2) is 36.0. The van der Waals surface area contributed by atoms with E-state index in [1.165, 1.54) is 0 Å². The Bertz CT molecular complexity index is 3330. The van der Waals surface area contributed by atoms with Crippen LogP contribution in [0.1, 0.15) is 127 Å². The summed E-state index contributed by atoms with van der Waals surface area (Å²) in [5, 5.41) is 12.0. The number of benzene rings is 6. The molecule has 97 heavy (non-hydrogen) atoms. The van der Waals surface area contributed by atoms with E-state index in [9.17, 15) is 24.3 Å². The van der Waals surface area contributed by atoms with Crippen molar-refractivity contribution in [3.8, 4) is 0 Å². The second-order valence-electron chi connectivity index (χ2n) is 26.0. The average molecular weight is 1340 g/mol. The molecule has 0 aromatic heterocycles. The first-order valence-electron chi connectivity index (χ1n) is 34.2. The average Bonchev–Trinajstić information content (AvgIpc) is 0.775. The third kappa shape index (κ3) is 19.4. The SMILES string of the molecule is CCCCCCO[C@@H]1OC(COCc2ccccc2)[C@H](C)[C@H](OC2OC(COC(=O)c3ccccc3)C(C)C(O[C@@H]3OC(COCc4ccccc4)[C@H](C)[C@H](OC4OC(COC(=O)c5ccccc5)C(C)C(O)C4C)C3OC(=O)c3ccccc3)C2C)C1OC(=O)c1ccccc1. The zero-order chi connectivity index (χ0) is 68.2. The lowest BCUT2D eigenvalue weighted by Crippen LogP contribution is -2.63. The Kier molecular flexibility index (Phi) is 26.9. The standard InChI is InChI=1S/C78H94O19/c1-8-9-10-29-42-86-77-69(93-73(82)59-38-25-15-26-39-59)67(51(4)61(91-77)45-84-43-55-30-17-11-18-31-55)97-76-54(7)66(50(3)64(90-76)48-88-72(81)58-36-23-14-24-37-58)95-78-70(94-74(83)60-40-27-16-28-41-60)68(52(5)62(92-78)46-85-44-56-32-19-12-20-33-56)96-75-53(6)65(79)49(2)63(89-75)47-87-71(80)57-34-21-13-22-35-57/h11-28,30-41,49-54,61-70,75-79H,8-10,29,42-48H2,1-7H3/t49?,50?,51-,52-,53?,54?,61?,62?,63?,64?,65?,66?,67-,68-,69?,70?,75?,76?,77+,78-/m0/s1. The van der Waals surface area contributed by atoms with Gasteiger partial charge in [-0.2, -0.15) is 0 Å². The number of esters is 4. The van der Waals surface area contributed by atoms with Gasteiger partial charge in [0.1, 0.15) is 25.4 Å². The maximum absolute atomic E-state index is 14.7. The number of carbonyl (C=O) groups is 4. The first kappa shape index (κ1) is 72.5. The summed E-state index contributed by atoms with van der Waals surface area (Å²) >= 11 is 0. The van der Waals surface area contributed by atoms with Crippen LogP contribution in [0.25, 0.3) is 0 Å². The number of carbonyl (C=O) groups excluding carboxylic acids is 4. The highest BCUT2D eigenvalue weighted by atomic mass is 16.8. The van der Waals surface area contributed by atoms with Crippen molar-refractivity contribution in [3.05, 3.63) is 215 Å². The number of aliphatic hydroxyl groups is 1. The zero-order valence-electron chi connectivity index (χ0n) is 56.4. The highest BCUT2D eigenvalue weighted by molar-refractivity contribution is 5.91. The summed E-state index contributed by atoms with van der Waals surface area (Å²) in [5.41, 5.74) is 3.14. The minimum Gasteiger partial charge on any atom is -0.459 e. The van der Waals surface area contributed by atoms with Crippen LogP contribution in [-0.2, 0) is 79.5 Å². The Morgan fingerprint density at radius 1 is 0.361 bits per heavy atom. The number of hydrogen-bond donors (Lipinski definition) is 1. The molecule has 6 aromatic rings. The number of unbranched alkanes of at least 4 members (excludes halogenated alkanes) is 3. The van der Waals surface area contributed by atoms with E-state index in [2.05, 4.69) is 6.92 Å². The van der Waals surface area contributed by atoms with E-state index in [0.717, 1.165) is 36.8 Å². The third-order valence-corrected chi connectivity index (χ3v) is 19.0. The molecule has 0 aliphatic carbocycles. The van der Waals surface area contributed by atoms with Crippen LogP contribution in [-0.4, -0.2) is 148 Å². The Morgan fingerprint density at radius 3 is 1.15 bits per heavy atom. The summed E-state index contributed by atoms with van der Waals surface area (Å²) in [7, 11) is 0. The van der Waals surface area contributed by atoms with Crippen LogP contribution in [0.5, 0.6) is 0 Å². The van der Waals surface area contributed by atoms with Crippen LogP contribution in [0.2, 0.25) is 0 Å². The van der Waals surface area contributed by atoms with E-state index in [1.807, 2.05) is 114 Å². The van der Waals surface area contributed by atoms with Gasteiger partial charge in [0.05, 0.1) is 85.3 Å². The molecule has 1 N–H and O–H groups in total. The van der Waals surface area contributed by atoms with Crippen LogP contribution >= 0.6 is 0 Å². The second-order valence-corrected chi connectivity index (χ2v) is 26.0. The van der Waals surface area contributed by atoms with Crippen molar-refractivity contribution in [1.82, 2.24) is 0 Å². The summed E-state index contributed by atoms with van der Waals surface area (Å²) in [6, 6.07) is 54.0. The van der Waals surface area contributed by atoms with Gasteiger partial charge in [-0.15, -0.1) is 0 Å². The molecule has 19 nitrogen and oxygen atoms in total. The lowest BCUT2D eigenvalue weighted by molar-refractivity contribution is -0.371. The fourth-order valence-corrected chi connectivity index (χ4v) is 12.9. The predicted molar refractivity (Wildman–Crippen MR) is 357 cm³/mol. The molecule has 6 aromatic carbocycles. The van der Waals surface area contributed by atoms with Gasteiger partial charge in [0.15, 0.2) is 37.4 Å². The quantitative estimate of drug-likeness (QED) is 0.0252. The molecule has 520 valence electrons. The van der Waals surface area contributed by atoms with Gasteiger partial charge in [-0.25, -0.2) is 19.2 Å². The van der Waals surface area contributed by atoms with Crippen molar-refractivity contribution < 1.29 is 90.6 Å².